The van der Waals surface area contributed by atoms with Crippen LogP contribution in [0.4, 0.5) is 5.82 Å². The summed E-state index contributed by atoms with van der Waals surface area (Å²) in [6.45, 7) is 8.03. The smallest absolute Gasteiger partial charge is 0.219 e. The van der Waals surface area contributed by atoms with Gasteiger partial charge in [-0.3, -0.25) is 4.79 Å². The van der Waals surface area contributed by atoms with Gasteiger partial charge in [0.15, 0.2) is 0 Å². The Kier molecular flexibility index (Phi) is 3.97. The van der Waals surface area contributed by atoms with E-state index in [2.05, 4.69) is 36.1 Å². The number of nitrogens with zero attached hydrogens (tertiary/aromatic N) is 3. The molecule has 112 valence electrons. The van der Waals surface area contributed by atoms with Gasteiger partial charge in [0.2, 0.25) is 5.91 Å². The summed E-state index contributed by atoms with van der Waals surface area (Å²) in [4.78, 5) is 21.7. The minimum atomic E-state index is 0. The number of amides is 1. The van der Waals surface area contributed by atoms with Crippen LogP contribution < -0.4 is 5.32 Å². The third kappa shape index (κ3) is 3.26. The maximum atomic E-state index is 11.3. The monoisotopic (exact) mass is 278 g/mol. The lowest BCUT2D eigenvalue weighted by atomic mass is 9.85. The van der Waals surface area contributed by atoms with Gasteiger partial charge < -0.3 is 10.2 Å². The molecular formula is C15H26N4O. The Morgan fingerprint density at radius 1 is 1.40 bits per heavy atom. The van der Waals surface area contributed by atoms with Crippen LogP contribution in [-0.4, -0.2) is 39.9 Å². The van der Waals surface area contributed by atoms with E-state index >= 15 is 0 Å². The van der Waals surface area contributed by atoms with Gasteiger partial charge in [-0.05, 0) is 12.8 Å². The summed E-state index contributed by atoms with van der Waals surface area (Å²) in [6, 6.07) is 2.76. The molecule has 0 bridgehead atoms. The molecule has 1 aromatic heterocycles. The Morgan fingerprint density at radius 3 is 2.60 bits per heavy atom. The second-order valence-corrected chi connectivity index (χ2v) is 6.63. The standard InChI is InChI=1S/C15H24N4O.H2/c1-10(20)19(5)12-6-11(7-12)18-14-8-13(15(2,3)4)16-9-17-14;/h8-9,11-12H,6-7H2,1-5H3,(H,16,17,18);1H. The van der Waals surface area contributed by atoms with Crippen molar-refractivity contribution in [2.24, 2.45) is 0 Å². The quantitative estimate of drug-likeness (QED) is 0.922. The average molecular weight is 278 g/mol. The summed E-state index contributed by atoms with van der Waals surface area (Å²) in [5.41, 5.74) is 1.06. The van der Waals surface area contributed by atoms with E-state index in [1.807, 2.05) is 18.0 Å². The van der Waals surface area contributed by atoms with Crippen LogP contribution in [0.1, 0.15) is 47.7 Å². The molecule has 0 unspecified atom stereocenters. The summed E-state index contributed by atoms with van der Waals surface area (Å²) in [5, 5.41) is 3.43. The molecule has 1 aromatic rings. The second kappa shape index (κ2) is 5.38. The predicted molar refractivity (Wildman–Crippen MR) is 81.7 cm³/mol. The first-order valence-corrected chi connectivity index (χ1v) is 7.10. The highest BCUT2D eigenvalue weighted by atomic mass is 16.2. The first-order chi connectivity index (χ1) is 9.27. The Labute approximate surface area is 122 Å². The highest BCUT2D eigenvalue weighted by molar-refractivity contribution is 5.73. The zero-order chi connectivity index (χ0) is 14.9. The number of hydrogen-bond donors (Lipinski definition) is 1. The van der Waals surface area contributed by atoms with E-state index in [1.54, 1.807) is 13.3 Å². The number of nitrogens with one attached hydrogen (secondary N) is 1. The van der Waals surface area contributed by atoms with Crippen LogP contribution in [0.25, 0.3) is 0 Å². The minimum Gasteiger partial charge on any atom is -0.367 e. The van der Waals surface area contributed by atoms with Crippen LogP contribution >= 0.6 is 0 Å². The summed E-state index contributed by atoms with van der Waals surface area (Å²) in [5.74, 6) is 1.00. The number of aromatic nitrogens is 2. The zero-order valence-corrected chi connectivity index (χ0v) is 13.0. The molecule has 1 aliphatic carbocycles. The summed E-state index contributed by atoms with van der Waals surface area (Å²) < 4.78 is 0. The van der Waals surface area contributed by atoms with Crippen LogP contribution in [0.3, 0.4) is 0 Å². The third-order valence-corrected chi connectivity index (χ3v) is 3.95. The van der Waals surface area contributed by atoms with E-state index in [9.17, 15) is 4.79 Å². The molecule has 0 atom stereocenters. The molecule has 5 nitrogen and oxygen atoms in total. The topological polar surface area (TPSA) is 58.1 Å². The van der Waals surface area contributed by atoms with Crippen molar-refractivity contribution in [3.63, 3.8) is 0 Å². The molecular weight excluding hydrogens is 252 g/mol. The first-order valence-electron chi connectivity index (χ1n) is 7.10. The Balaban J connectivity index is 0.00000220. The lowest BCUT2D eigenvalue weighted by Crippen LogP contribution is -2.50. The van der Waals surface area contributed by atoms with Crippen LogP contribution in [-0.2, 0) is 10.2 Å². The molecule has 1 N–H and O–H groups in total. The molecule has 1 heterocycles. The number of rotatable bonds is 3. The van der Waals surface area contributed by atoms with Gasteiger partial charge >= 0.3 is 0 Å². The number of carbonyl (C=O) groups excluding carboxylic acids is 1. The fourth-order valence-electron chi connectivity index (χ4n) is 2.33. The van der Waals surface area contributed by atoms with E-state index in [0.717, 1.165) is 24.4 Å². The largest absolute Gasteiger partial charge is 0.367 e. The fraction of sp³-hybridized carbons (Fsp3) is 0.667. The molecule has 1 fully saturated rings. The van der Waals surface area contributed by atoms with E-state index in [1.165, 1.54) is 0 Å². The van der Waals surface area contributed by atoms with Gasteiger partial charge in [-0.25, -0.2) is 9.97 Å². The molecule has 20 heavy (non-hydrogen) atoms. The normalized spacial score (nSPS) is 22.1. The van der Waals surface area contributed by atoms with Gasteiger partial charge in [-0.15, -0.1) is 0 Å². The lowest BCUT2D eigenvalue weighted by Gasteiger charge is -2.41. The van der Waals surface area contributed by atoms with E-state index in [-0.39, 0.29) is 12.7 Å². The highest BCUT2D eigenvalue weighted by Gasteiger charge is 2.33. The van der Waals surface area contributed by atoms with Gasteiger partial charge in [0, 0.05) is 39.0 Å². The van der Waals surface area contributed by atoms with Crippen molar-refractivity contribution in [1.82, 2.24) is 14.9 Å². The zero-order valence-electron chi connectivity index (χ0n) is 13.0. The van der Waals surface area contributed by atoms with Gasteiger partial charge in [0.05, 0.1) is 5.69 Å². The molecule has 1 saturated carbocycles. The first kappa shape index (κ1) is 14.8. The molecule has 0 aromatic carbocycles. The van der Waals surface area contributed by atoms with Gasteiger partial charge in [0.1, 0.15) is 12.1 Å². The summed E-state index contributed by atoms with van der Waals surface area (Å²) in [6.07, 6.45) is 3.57. The number of carbonyl (C=O) groups is 1. The van der Waals surface area contributed by atoms with Crippen LogP contribution in [0.5, 0.6) is 0 Å². The van der Waals surface area contributed by atoms with Crippen molar-refractivity contribution in [1.29, 1.82) is 0 Å². The summed E-state index contributed by atoms with van der Waals surface area (Å²) in [7, 11) is 1.87. The maximum Gasteiger partial charge on any atom is 0.219 e. The van der Waals surface area contributed by atoms with Crippen LogP contribution in [0.15, 0.2) is 12.4 Å². The van der Waals surface area contributed by atoms with E-state index in [4.69, 9.17) is 0 Å². The fourth-order valence-corrected chi connectivity index (χ4v) is 2.33. The second-order valence-electron chi connectivity index (χ2n) is 6.63. The number of anilines is 1. The van der Waals surface area contributed by atoms with Crippen molar-refractivity contribution >= 4 is 11.7 Å². The van der Waals surface area contributed by atoms with Gasteiger partial charge in [-0.2, -0.15) is 0 Å². The van der Waals surface area contributed by atoms with Crippen LogP contribution in [0.2, 0.25) is 0 Å². The minimum absolute atomic E-state index is 0. The third-order valence-electron chi connectivity index (χ3n) is 3.95. The van der Waals surface area contributed by atoms with Gasteiger partial charge in [0.25, 0.3) is 0 Å². The SMILES string of the molecule is CC(=O)N(C)C1CC(Nc2cc(C(C)(C)C)ncn2)C1.[HH]. The molecule has 0 radical (unpaired) electrons. The summed E-state index contributed by atoms with van der Waals surface area (Å²) >= 11 is 0. The van der Waals surface area contributed by atoms with Crippen molar-refractivity contribution in [3.8, 4) is 0 Å². The van der Waals surface area contributed by atoms with E-state index in [0.29, 0.717) is 12.1 Å². The van der Waals surface area contributed by atoms with Crippen LogP contribution in [0, 0.1) is 0 Å². The Bertz CT molecular complexity index is 495. The van der Waals surface area contributed by atoms with Gasteiger partial charge in [-0.1, -0.05) is 20.8 Å². The Morgan fingerprint density at radius 2 is 2.05 bits per heavy atom. The molecule has 1 amide bonds. The number of hydrogen-bond acceptors (Lipinski definition) is 4. The molecule has 0 aliphatic heterocycles. The maximum absolute atomic E-state index is 11.3. The molecule has 1 aliphatic rings. The van der Waals surface area contributed by atoms with Crippen molar-refractivity contribution in [2.75, 3.05) is 12.4 Å². The molecule has 0 saturated heterocycles. The van der Waals surface area contributed by atoms with Crippen molar-refractivity contribution < 1.29 is 6.22 Å². The van der Waals surface area contributed by atoms with Crippen molar-refractivity contribution in [3.05, 3.63) is 18.1 Å². The molecule has 2 rings (SSSR count). The molecule has 5 heteroatoms. The van der Waals surface area contributed by atoms with Crippen molar-refractivity contribution in [2.45, 2.75) is 58.0 Å². The van der Waals surface area contributed by atoms with E-state index < -0.39 is 0 Å². The Hall–Kier alpha value is -1.65. The highest BCUT2D eigenvalue weighted by Crippen LogP contribution is 2.28. The lowest BCUT2D eigenvalue weighted by molar-refractivity contribution is -0.131. The predicted octanol–water partition coefficient (Wildman–Crippen LogP) is 2.44. The molecule has 0 spiro atoms. The average Bonchev–Trinajstić information content (AvgIpc) is 2.31.